The van der Waals surface area contributed by atoms with Gasteiger partial charge in [0.25, 0.3) is 0 Å². The van der Waals surface area contributed by atoms with Crippen LogP contribution in [0.25, 0.3) is 10.9 Å². The van der Waals surface area contributed by atoms with E-state index >= 15 is 0 Å². The summed E-state index contributed by atoms with van der Waals surface area (Å²) < 4.78 is 9.95. The molecule has 6 heteroatoms. The summed E-state index contributed by atoms with van der Waals surface area (Å²) in [7, 11) is 1.54. The number of methoxy groups -OCH3 is 1. The summed E-state index contributed by atoms with van der Waals surface area (Å²) in [5, 5.41) is 1.22. The fraction of sp³-hybridized carbons (Fsp3) is 0.300. The monoisotopic (exact) mass is 238 g/mol. The van der Waals surface area contributed by atoms with Crippen molar-refractivity contribution in [1.82, 2.24) is 9.97 Å². The fourth-order valence-corrected chi connectivity index (χ4v) is 1.67. The summed E-state index contributed by atoms with van der Waals surface area (Å²) in [5.41, 5.74) is -0.151. The second-order valence-electron chi connectivity index (χ2n) is 3.09. The predicted octanol–water partition coefficient (Wildman–Crippen LogP) is 1.45. The van der Waals surface area contributed by atoms with E-state index in [1.54, 1.807) is 12.3 Å². The zero-order chi connectivity index (χ0) is 11.5. The highest BCUT2D eigenvalue weighted by Gasteiger charge is 2.07. The molecule has 0 spiro atoms. The largest absolute Gasteiger partial charge is 0.424 e. The molecular formula is C10H10N2O3S. The van der Waals surface area contributed by atoms with E-state index in [2.05, 4.69) is 9.97 Å². The Kier molecular flexibility index (Phi) is 3.21. The zero-order valence-corrected chi connectivity index (χ0v) is 9.71. The first kappa shape index (κ1) is 11.1. The van der Waals surface area contributed by atoms with Gasteiger partial charge in [0.15, 0.2) is 10.7 Å². The van der Waals surface area contributed by atoms with Crippen molar-refractivity contribution < 1.29 is 9.15 Å². The van der Waals surface area contributed by atoms with Crippen LogP contribution in [0.1, 0.15) is 5.76 Å². The molecule has 0 saturated carbocycles. The van der Waals surface area contributed by atoms with Gasteiger partial charge in [-0.25, -0.2) is 14.8 Å². The molecule has 84 valence electrons. The Bertz CT molecular complexity index is 567. The van der Waals surface area contributed by atoms with Gasteiger partial charge < -0.3 is 9.15 Å². The van der Waals surface area contributed by atoms with Crippen LogP contribution in [-0.4, -0.2) is 23.3 Å². The van der Waals surface area contributed by atoms with E-state index in [0.717, 1.165) is 0 Å². The average Bonchev–Trinajstić information content (AvgIpc) is 2.29. The number of aromatic nitrogens is 2. The number of fused-ring (bicyclic) bond motifs is 1. The highest BCUT2D eigenvalue weighted by Crippen LogP contribution is 2.14. The minimum absolute atomic E-state index is 0.259. The number of nitrogens with zero attached hydrogens (tertiary/aromatic N) is 2. The molecule has 0 unspecified atom stereocenters. The van der Waals surface area contributed by atoms with Gasteiger partial charge >= 0.3 is 5.63 Å². The van der Waals surface area contributed by atoms with Crippen molar-refractivity contribution in [2.75, 3.05) is 13.4 Å². The van der Waals surface area contributed by atoms with Crippen molar-refractivity contribution in [3.05, 3.63) is 28.4 Å². The predicted molar refractivity (Wildman–Crippen MR) is 60.6 cm³/mol. The third kappa shape index (κ3) is 2.07. The lowest BCUT2D eigenvalue weighted by atomic mass is 10.3. The third-order valence-electron chi connectivity index (χ3n) is 2.00. The molecule has 2 rings (SSSR count). The lowest BCUT2D eigenvalue weighted by Gasteiger charge is -2.01. The molecule has 0 amide bonds. The Morgan fingerprint density at radius 2 is 2.38 bits per heavy atom. The van der Waals surface area contributed by atoms with Crippen LogP contribution in [0, 0.1) is 0 Å². The maximum absolute atomic E-state index is 11.6. The zero-order valence-electron chi connectivity index (χ0n) is 8.89. The molecule has 5 nitrogen and oxygen atoms in total. The number of rotatable bonds is 3. The molecule has 0 saturated heterocycles. The molecule has 16 heavy (non-hydrogen) atoms. The fourth-order valence-electron chi connectivity index (χ4n) is 1.33. The first-order chi connectivity index (χ1) is 7.74. The van der Waals surface area contributed by atoms with E-state index in [1.807, 2.05) is 6.26 Å². The van der Waals surface area contributed by atoms with Crippen LogP contribution in [0.4, 0.5) is 0 Å². The number of hydrogen-bond donors (Lipinski definition) is 0. The normalized spacial score (nSPS) is 10.9. The molecule has 0 N–H and O–H groups in total. The van der Waals surface area contributed by atoms with Crippen LogP contribution < -0.4 is 5.63 Å². The summed E-state index contributed by atoms with van der Waals surface area (Å²) in [6, 6.07) is 1.71. The van der Waals surface area contributed by atoms with Crippen molar-refractivity contribution in [1.29, 1.82) is 0 Å². The molecule has 0 aromatic carbocycles. The summed E-state index contributed by atoms with van der Waals surface area (Å²) >= 11 is 1.38. The molecule has 0 atom stereocenters. The van der Waals surface area contributed by atoms with Crippen LogP contribution in [-0.2, 0) is 11.3 Å². The molecular weight excluding hydrogens is 228 g/mol. The molecule has 0 aliphatic heterocycles. The summed E-state index contributed by atoms with van der Waals surface area (Å²) in [4.78, 5) is 19.8. The Labute approximate surface area is 95.9 Å². The molecule has 2 aromatic heterocycles. The van der Waals surface area contributed by atoms with Crippen LogP contribution in [0.3, 0.4) is 0 Å². The smallest absolute Gasteiger partial charge is 0.362 e. The molecule has 2 aromatic rings. The topological polar surface area (TPSA) is 65.2 Å². The van der Waals surface area contributed by atoms with Gasteiger partial charge in [0.05, 0.1) is 0 Å². The van der Waals surface area contributed by atoms with Gasteiger partial charge in [-0.05, 0) is 12.3 Å². The van der Waals surface area contributed by atoms with Crippen molar-refractivity contribution in [2.24, 2.45) is 0 Å². The van der Waals surface area contributed by atoms with Crippen molar-refractivity contribution in [3.8, 4) is 0 Å². The van der Waals surface area contributed by atoms with E-state index in [4.69, 9.17) is 9.15 Å². The second kappa shape index (κ2) is 4.63. The van der Waals surface area contributed by atoms with Crippen LogP contribution in [0.2, 0.25) is 0 Å². The van der Waals surface area contributed by atoms with Crippen molar-refractivity contribution in [3.63, 3.8) is 0 Å². The van der Waals surface area contributed by atoms with Crippen molar-refractivity contribution >= 4 is 22.7 Å². The molecule has 0 bridgehead atoms. The van der Waals surface area contributed by atoms with E-state index in [0.29, 0.717) is 21.8 Å². The van der Waals surface area contributed by atoms with Gasteiger partial charge in [-0.2, -0.15) is 0 Å². The molecule has 0 aliphatic carbocycles. The number of hydrogen-bond acceptors (Lipinski definition) is 6. The number of ether oxygens (including phenoxy) is 1. The molecule has 0 radical (unpaired) electrons. The lowest BCUT2D eigenvalue weighted by molar-refractivity contribution is 0.161. The Hall–Kier alpha value is -1.40. The van der Waals surface area contributed by atoms with Gasteiger partial charge in [-0.15, -0.1) is 0 Å². The minimum Gasteiger partial charge on any atom is -0.424 e. The van der Waals surface area contributed by atoms with Gasteiger partial charge in [-0.1, -0.05) is 11.8 Å². The summed E-state index contributed by atoms with van der Waals surface area (Å²) in [6.45, 7) is 0.259. The van der Waals surface area contributed by atoms with E-state index in [1.165, 1.54) is 18.9 Å². The first-order valence-electron chi connectivity index (χ1n) is 4.57. The highest BCUT2D eigenvalue weighted by molar-refractivity contribution is 7.98. The summed E-state index contributed by atoms with van der Waals surface area (Å²) in [6.07, 6.45) is 3.46. The standard InChI is InChI=1S/C10H10N2O3S/c1-14-5-7-3-6-4-11-10(16-2)12-8(6)9(13)15-7/h3-4H,5H2,1-2H3. The maximum atomic E-state index is 11.6. The third-order valence-corrected chi connectivity index (χ3v) is 2.56. The highest BCUT2D eigenvalue weighted by atomic mass is 32.2. The first-order valence-corrected chi connectivity index (χ1v) is 5.80. The van der Waals surface area contributed by atoms with Crippen LogP contribution >= 0.6 is 11.8 Å². The quantitative estimate of drug-likeness (QED) is 0.595. The van der Waals surface area contributed by atoms with Gasteiger partial charge in [-0.3, -0.25) is 0 Å². The molecule has 2 heterocycles. The molecule has 0 aliphatic rings. The van der Waals surface area contributed by atoms with E-state index < -0.39 is 5.63 Å². The minimum atomic E-state index is -0.456. The SMILES string of the molecule is COCc1cc2cnc(SC)nc2c(=O)o1. The Morgan fingerprint density at radius 3 is 3.06 bits per heavy atom. The van der Waals surface area contributed by atoms with Gasteiger partial charge in [0, 0.05) is 18.7 Å². The number of thioether (sulfide) groups is 1. The van der Waals surface area contributed by atoms with Gasteiger partial charge in [0.1, 0.15) is 12.4 Å². The van der Waals surface area contributed by atoms with Crippen molar-refractivity contribution in [2.45, 2.75) is 11.8 Å². The summed E-state index contributed by atoms with van der Waals surface area (Å²) in [5.74, 6) is 0.473. The van der Waals surface area contributed by atoms with E-state index in [9.17, 15) is 4.79 Å². The van der Waals surface area contributed by atoms with E-state index in [-0.39, 0.29) is 6.61 Å². The maximum Gasteiger partial charge on any atom is 0.362 e. The van der Waals surface area contributed by atoms with Crippen LogP contribution in [0.15, 0.2) is 26.6 Å². The average molecular weight is 238 g/mol. The Balaban J connectivity index is 2.62. The molecule has 0 fully saturated rings. The Morgan fingerprint density at radius 1 is 1.56 bits per heavy atom. The lowest BCUT2D eigenvalue weighted by Crippen LogP contribution is -2.06. The van der Waals surface area contributed by atoms with Crippen LogP contribution in [0.5, 0.6) is 0 Å². The van der Waals surface area contributed by atoms with Gasteiger partial charge in [0.2, 0.25) is 0 Å². The second-order valence-corrected chi connectivity index (χ2v) is 3.87.